The van der Waals surface area contributed by atoms with Gasteiger partial charge in [-0.2, -0.15) is 0 Å². The molecule has 1 aliphatic rings. The van der Waals surface area contributed by atoms with E-state index >= 15 is 0 Å². The van der Waals surface area contributed by atoms with E-state index in [4.69, 9.17) is 9.47 Å². The van der Waals surface area contributed by atoms with Gasteiger partial charge in [0.25, 0.3) is 11.8 Å². The maximum atomic E-state index is 13.3. The number of amides is 4. The molecule has 0 spiro atoms. The van der Waals surface area contributed by atoms with Gasteiger partial charge in [-0.05, 0) is 71.2 Å². The third kappa shape index (κ3) is 5.37. The van der Waals surface area contributed by atoms with Crippen molar-refractivity contribution in [2.45, 2.75) is 20.5 Å². The fourth-order valence-electron chi connectivity index (χ4n) is 3.70. The van der Waals surface area contributed by atoms with Crippen LogP contribution in [0.2, 0.25) is 0 Å². The number of hydrogen-bond acceptors (Lipinski definition) is 5. The first kappa shape index (κ1) is 25.7. The van der Waals surface area contributed by atoms with Crippen LogP contribution in [0.3, 0.4) is 0 Å². The van der Waals surface area contributed by atoms with Crippen LogP contribution in [-0.2, 0) is 16.2 Å². The lowest BCUT2D eigenvalue weighted by atomic mass is 10.1. The van der Waals surface area contributed by atoms with Gasteiger partial charge in [0.05, 0.1) is 16.8 Å². The van der Waals surface area contributed by atoms with Crippen molar-refractivity contribution in [1.82, 2.24) is 5.32 Å². The van der Waals surface area contributed by atoms with E-state index < -0.39 is 17.8 Å². The molecule has 0 atom stereocenters. The summed E-state index contributed by atoms with van der Waals surface area (Å²) in [5.41, 5.74) is 2.45. The van der Waals surface area contributed by atoms with E-state index in [1.165, 1.54) is 6.08 Å². The summed E-state index contributed by atoms with van der Waals surface area (Å²) < 4.78 is 13.4. The minimum atomic E-state index is -0.788. The van der Waals surface area contributed by atoms with E-state index in [0.717, 1.165) is 20.5 Å². The van der Waals surface area contributed by atoms with Gasteiger partial charge in [-0.3, -0.25) is 14.9 Å². The molecule has 0 saturated carbocycles. The Labute approximate surface area is 225 Å². The van der Waals surface area contributed by atoms with E-state index in [0.29, 0.717) is 40.4 Å². The minimum absolute atomic E-state index is 0.172. The molecular formula is C27H22Br2N2O5. The van der Waals surface area contributed by atoms with Gasteiger partial charge >= 0.3 is 6.03 Å². The first-order valence-corrected chi connectivity index (χ1v) is 12.7. The highest BCUT2D eigenvalue weighted by atomic mass is 79.9. The molecule has 1 N–H and O–H groups in total. The number of ether oxygens (including phenoxy) is 2. The summed E-state index contributed by atoms with van der Waals surface area (Å²) in [7, 11) is 0. The number of carbonyl (C=O) groups is 3. The number of para-hydroxylation sites is 1. The molecule has 3 aromatic rings. The highest BCUT2D eigenvalue weighted by Gasteiger charge is 2.37. The van der Waals surface area contributed by atoms with Crippen molar-refractivity contribution in [2.24, 2.45) is 0 Å². The molecule has 36 heavy (non-hydrogen) atoms. The lowest BCUT2D eigenvalue weighted by molar-refractivity contribution is -0.122. The molecule has 1 saturated heterocycles. The van der Waals surface area contributed by atoms with Gasteiger partial charge in [0.15, 0.2) is 11.5 Å². The lowest BCUT2D eigenvalue weighted by Gasteiger charge is -2.27. The second-order valence-corrected chi connectivity index (χ2v) is 9.60. The van der Waals surface area contributed by atoms with Crippen LogP contribution in [0.15, 0.2) is 75.2 Å². The van der Waals surface area contributed by atoms with Crippen LogP contribution in [0.1, 0.15) is 23.6 Å². The summed E-state index contributed by atoms with van der Waals surface area (Å²) >= 11 is 7.04. The number of carbonyl (C=O) groups excluding carboxylic acids is 3. The standard InChI is InChI=1S/C27H22Br2N2O5/c1-3-35-23-14-17(13-21(29)24(23)36-15-18-9-5-6-10-20(18)28)12-19-25(32)30-27(34)31(26(19)33)22-11-7-4-8-16(22)2/h4-14H,3,15H2,1-2H3,(H,30,32,34)/b19-12+. The van der Waals surface area contributed by atoms with Crippen molar-refractivity contribution in [3.63, 3.8) is 0 Å². The molecule has 7 nitrogen and oxygen atoms in total. The van der Waals surface area contributed by atoms with Crippen LogP contribution in [0, 0.1) is 6.92 Å². The number of nitrogens with one attached hydrogen (secondary N) is 1. The van der Waals surface area contributed by atoms with Crippen LogP contribution in [-0.4, -0.2) is 24.5 Å². The van der Waals surface area contributed by atoms with Crippen LogP contribution < -0.4 is 19.7 Å². The quantitative estimate of drug-likeness (QED) is 0.255. The second-order valence-electron chi connectivity index (χ2n) is 7.89. The predicted octanol–water partition coefficient (Wildman–Crippen LogP) is 6.16. The zero-order valence-electron chi connectivity index (χ0n) is 19.5. The van der Waals surface area contributed by atoms with Gasteiger partial charge in [-0.1, -0.05) is 52.3 Å². The molecule has 1 aliphatic heterocycles. The Morgan fingerprint density at radius 3 is 2.39 bits per heavy atom. The van der Waals surface area contributed by atoms with Crippen molar-refractivity contribution in [3.8, 4) is 11.5 Å². The fraction of sp³-hybridized carbons (Fsp3) is 0.148. The van der Waals surface area contributed by atoms with E-state index in [-0.39, 0.29) is 5.57 Å². The SMILES string of the molecule is CCOc1cc(/C=C2\C(=O)NC(=O)N(c3ccccc3C)C2=O)cc(Br)c1OCc1ccccc1Br. The van der Waals surface area contributed by atoms with Gasteiger partial charge in [-0.15, -0.1) is 0 Å². The average Bonchev–Trinajstić information content (AvgIpc) is 2.83. The zero-order valence-corrected chi connectivity index (χ0v) is 22.7. The van der Waals surface area contributed by atoms with E-state index in [1.54, 1.807) is 43.3 Å². The minimum Gasteiger partial charge on any atom is -0.490 e. The Morgan fingerprint density at radius 2 is 1.67 bits per heavy atom. The van der Waals surface area contributed by atoms with Gasteiger partial charge in [0, 0.05) is 10.0 Å². The number of rotatable bonds is 7. The molecular weight excluding hydrogens is 592 g/mol. The monoisotopic (exact) mass is 612 g/mol. The van der Waals surface area contributed by atoms with E-state index in [2.05, 4.69) is 37.2 Å². The molecule has 3 aromatic carbocycles. The molecule has 1 heterocycles. The largest absolute Gasteiger partial charge is 0.490 e. The number of imide groups is 2. The molecule has 9 heteroatoms. The predicted molar refractivity (Wildman–Crippen MR) is 144 cm³/mol. The smallest absolute Gasteiger partial charge is 0.335 e. The van der Waals surface area contributed by atoms with Gasteiger partial charge in [0.2, 0.25) is 0 Å². The highest BCUT2D eigenvalue weighted by Crippen LogP contribution is 2.38. The molecule has 4 amide bonds. The van der Waals surface area contributed by atoms with Gasteiger partial charge < -0.3 is 9.47 Å². The first-order chi connectivity index (χ1) is 17.3. The number of nitrogens with zero attached hydrogens (tertiary/aromatic N) is 1. The summed E-state index contributed by atoms with van der Waals surface area (Å²) in [6.07, 6.45) is 1.43. The number of aryl methyl sites for hydroxylation is 1. The topological polar surface area (TPSA) is 84.9 Å². The van der Waals surface area contributed by atoms with E-state index in [1.807, 2.05) is 31.2 Å². The number of benzene rings is 3. The Balaban J connectivity index is 1.68. The summed E-state index contributed by atoms with van der Waals surface area (Å²) in [5.74, 6) is -0.535. The third-order valence-corrected chi connectivity index (χ3v) is 6.79. The molecule has 4 rings (SSSR count). The summed E-state index contributed by atoms with van der Waals surface area (Å²) in [4.78, 5) is 39.4. The third-order valence-electron chi connectivity index (χ3n) is 5.43. The second kappa shape index (κ2) is 11.1. The molecule has 184 valence electrons. The van der Waals surface area contributed by atoms with Crippen molar-refractivity contribution in [2.75, 3.05) is 11.5 Å². The molecule has 1 fully saturated rings. The molecule has 0 aliphatic carbocycles. The Morgan fingerprint density at radius 1 is 0.944 bits per heavy atom. The van der Waals surface area contributed by atoms with Crippen molar-refractivity contribution in [3.05, 3.63) is 91.9 Å². The first-order valence-electron chi connectivity index (χ1n) is 11.1. The number of hydrogen-bond donors (Lipinski definition) is 1. The van der Waals surface area contributed by atoms with Crippen molar-refractivity contribution in [1.29, 1.82) is 0 Å². The molecule has 0 aromatic heterocycles. The number of anilines is 1. The van der Waals surface area contributed by atoms with E-state index in [9.17, 15) is 14.4 Å². The van der Waals surface area contributed by atoms with Gasteiger partial charge in [-0.25, -0.2) is 9.69 Å². The van der Waals surface area contributed by atoms with Gasteiger partial charge in [0.1, 0.15) is 12.2 Å². The molecule has 0 radical (unpaired) electrons. The number of urea groups is 1. The van der Waals surface area contributed by atoms with Crippen LogP contribution in [0.25, 0.3) is 6.08 Å². The average molecular weight is 614 g/mol. The number of barbiturate groups is 1. The van der Waals surface area contributed by atoms with Crippen LogP contribution in [0.5, 0.6) is 11.5 Å². The van der Waals surface area contributed by atoms with Crippen LogP contribution in [0.4, 0.5) is 10.5 Å². The Bertz CT molecular complexity index is 1390. The number of halogens is 2. The Hall–Kier alpha value is -3.43. The summed E-state index contributed by atoms with van der Waals surface area (Å²) in [6.45, 7) is 4.32. The summed E-state index contributed by atoms with van der Waals surface area (Å²) in [6, 6.07) is 17.3. The highest BCUT2D eigenvalue weighted by molar-refractivity contribution is 9.10. The molecule has 0 bridgehead atoms. The normalized spacial score (nSPS) is 14.7. The Kier molecular flexibility index (Phi) is 7.91. The fourth-order valence-corrected chi connectivity index (χ4v) is 4.67. The van der Waals surface area contributed by atoms with Crippen molar-refractivity contribution < 1.29 is 23.9 Å². The lowest BCUT2D eigenvalue weighted by Crippen LogP contribution is -2.54. The van der Waals surface area contributed by atoms with Crippen molar-refractivity contribution >= 4 is 61.5 Å². The molecule has 0 unspecified atom stereocenters. The maximum absolute atomic E-state index is 13.3. The summed E-state index contributed by atoms with van der Waals surface area (Å²) in [5, 5.41) is 2.25. The van der Waals surface area contributed by atoms with Crippen LogP contribution >= 0.6 is 31.9 Å². The zero-order chi connectivity index (χ0) is 25.8. The maximum Gasteiger partial charge on any atom is 0.335 e.